The number of hydrogen-bond acceptors (Lipinski definition) is 24. The minimum Gasteiger partial charge on any atom is -0.396 e. The molecule has 1 aliphatic carbocycles. The Bertz CT molecular complexity index is 5160. The largest absolute Gasteiger partial charge is 0.416 e. The predicted octanol–water partition coefficient (Wildman–Crippen LogP) is 14.3. The number of piperazine rings is 1. The number of aliphatic hydroxyl groups excluding tert-OH is 7. The fraction of sp³-hybridized carbons (Fsp3) is 0.469. The van der Waals surface area contributed by atoms with Gasteiger partial charge in [0.15, 0.2) is 0 Å². The highest BCUT2D eigenvalue weighted by atomic mass is 32.2. The number of rotatable bonds is 24. The van der Waals surface area contributed by atoms with Gasteiger partial charge in [-0.15, -0.1) is 0 Å². The van der Waals surface area contributed by atoms with Gasteiger partial charge in [-0.1, -0.05) is 121 Å². The highest BCUT2D eigenvalue weighted by Crippen LogP contribution is 2.54. The van der Waals surface area contributed by atoms with E-state index in [1.165, 1.54) is 86.6 Å². The van der Waals surface area contributed by atoms with Crippen LogP contribution in [0.1, 0.15) is 99.8 Å². The van der Waals surface area contributed by atoms with Crippen molar-refractivity contribution in [1.82, 2.24) is 35.1 Å². The number of benzene rings is 8. The Hall–Kier alpha value is -8.05. The molecule has 3 unspecified atom stereocenters. The summed E-state index contributed by atoms with van der Waals surface area (Å²) in [6.07, 6.45) is -0.931. The maximum atomic E-state index is 13.3. The van der Waals surface area contributed by atoms with Gasteiger partial charge in [-0.2, -0.15) is 13.2 Å². The maximum Gasteiger partial charge on any atom is 0.416 e. The van der Waals surface area contributed by atoms with Crippen LogP contribution in [0.15, 0.2) is 209 Å². The van der Waals surface area contributed by atoms with E-state index in [1.54, 1.807) is 16.7 Å². The van der Waals surface area contributed by atoms with Crippen molar-refractivity contribution in [3.05, 3.63) is 192 Å². The first-order valence-corrected chi connectivity index (χ1v) is 48.1. The summed E-state index contributed by atoms with van der Waals surface area (Å²) in [5, 5.41) is 76.0. The molecule has 4 amide bonds. The predicted molar refractivity (Wildman–Crippen MR) is 496 cm³/mol. The smallest absolute Gasteiger partial charge is 0.396 e. The monoisotopic (exact) mass is 1810 g/mol. The number of alkyl halides is 3. The number of likely N-dealkylation sites (tertiary alicyclic amines) is 2. The summed E-state index contributed by atoms with van der Waals surface area (Å²) in [7, 11) is 0. The third kappa shape index (κ3) is 22.3. The van der Waals surface area contributed by atoms with Crippen LogP contribution in [-0.2, 0) is 25.4 Å². The zero-order chi connectivity index (χ0) is 89.3. The number of aliphatic hydroxyl groups is 7. The second-order valence-electron chi connectivity index (χ2n) is 35.6. The van der Waals surface area contributed by atoms with Crippen LogP contribution >= 0.6 is 47.0 Å². The summed E-state index contributed by atoms with van der Waals surface area (Å²) in [6.45, 7) is 23.2. The lowest BCUT2D eigenvalue weighted by atomic mass is 9.74. The van der Waals surface area contributed by atoms with Gasteiger partial charge < -0.3 is 74.9 Å². The highest BCUT2D eigenvalue weighted by Gasteiger charge is 2.50. The molecule has 0 bridgehead atoms. The summed E-state index contributed by atoms with van der Waals surface area (Å²) in [5.41, 5.74) is 10.8. The Kier molecular flexibility index (Phi) is 31.0. The normalized spacial score (nSPS) is 21.6. The molecule has 127 heavy (non-hydrogen) atoms. The van der Waals surface area contributed by atoms with Crippen molar-refractivity contribution < 1.29 is 68.1 Å². The van der Waals surface area contributed by atoms with E-state index >= 15 is 0 Å². The van der Waals surface area contributed by atoms with Gasteiger partial charge in [0.25, 0.3) is 0 Å². The number of piperidine rings is 2. The van der Waals surface area contributed by atoms with Crippen LogP contribution in [0, 0.1) is 43.4 Å². The van der Waals surface area contributed by atoms with E-state index in [4.69, 9.17) is 0 Å². The van der Waals surface area contributed by atoms with Crippen molar-refractivity contribution in [3.63, 3.8) is 0 Å². The van der Waals surface area contributed by atoms with Crippen molar-refractivity contribution in [2.75, 3.05) is 157 Å². The topological polar surface area (TPSA) is 263 Å². The summed E-state index contributed by atoms with van der Waals surface area (Å²) >= 11 is 6.91. The molecular formula is C98H120F3N11O11S4. The maximum absolute atomic E-state index is 13.3. The van der Waals surface area contributed by atoms with E-state index in [9.17, 15) is 68.1 Å². The van der Waals surface area contributed by atoms with E-state index in [2.05, 4.69) is 181 Å². The van der Waals surface area contributed by atoms with Gasteiger partial charge in [-0.25, -0.2) is 0 Å². The number of nitrogens with zero attached hydrogens (tertiary/aromatic N) is 9. The molecule has 5 saturated heterocycles. The summed E-state index contributed by atoms with van der Waals surface area (Å²) in [6, 6.07) is 56.9. The van der Waals surface area contributed by atoms with Crippen LogP contribution in [0.25, 0.3) is 0 Å². The number of nitrogens with one attached hydrogen (secondary N) is 2. The first kappa shape index (κ1) is 93.6. The number of aryl methyl sites for hydroxylation is 3. The molecule has 8 aromatic rings. The minimum absolute atomic E-state index is 0.00627. The molecule has 6 fully saturated rings. The molecule has 8 aromatic carbocycles. The highest BCUT2D eigenvalue weighted by molar-refractivity contribution is 8.00. The molecule has 678 valence electrons. The lowest BCUT2D eigenvalue weighted by Gasteiger charge is -2.41. The number of β-amino-alcohol motifs (C(OH)–C–C–N with tert-alkyl or cyclic N) is 2. The number of carbonyl (C=O) groups excluding carboxylic acids is 4. The van der Waals surface area contributed by atoms with Gasteiger partial charge in [0.1, 0.15) is 6.10 Å². The Morgan fingerprint density at radius 3 is 1.23 bits per heavy atom. The zero-order valence-corrected chi connectivity index (χ0v) is 76.2. The fourth-order valence-electron chi connectivity index (χ4n) is 19.5. The van der Waals surface area contributed by atoms with Gasteiger partial charge in [0.05, 0.1) is 106 Å². The Labute approximate surface area is 760 Å². The minimum atomic E-state index is -4.43. The third-order valence-corrected chi connectivity index (χ3v) is 31.1. The average Bonchev–Trinajstić information content (AvgIpc) is 1.66. The Morgan fingerprint density at radius 2 is 0.811 bits per heavy atom. The molecule has 18 rings (SSSR count). The number of carbonyl (C=O) groups is 4. The lowest BCUT2D eigenvalue weighted by Crippen LogP contribution is -2.53. The van der Waals surface area contributed by atoms with E-state index < -0.39 is 53.1 Å². The zero-order valence-electron chi connectivity index (χ0n) is 72.9. The van der Waals surface area contributed by atoms with Crippen LogP contribution in [0.3, 0.4) is 0 Å². The van der Waals surface area contributed by atoms with Crippen LogP contribution in [0.2, 0.25) is 0 Å². The summed E-state index contributed by atoms with van der Waals surface area (Å²) in [4.78, 5) is 77.6. The van der Waals surface area contributed by atoms with Gasteiger partial charge in [-0.05, 0) is 257 Å². The molecule has 10 aliphatic rings. The van der Waals surface area contributed by atoms with Crippen molar-refractivity contribution in [1.29, 1.82) is 0 Å². The molecule has 7 atom stereocenters. The van der Waals surface area contributed by atoms with Crippen LogP contribution < -0.4 is 30.2 Å². The number of imide groups is 2. The number of fused-ring (bicyclic) bond motifs is 8. The SMILES string of the molecule is CCCN(CCO)CC(O)CN1c2ccccc2Sc2ccc(C(F)(F)F)cc21.Cc1ccc2c(c1)N(CC(O)CN1CCC3(CC1)CC(=O)NC3=O)c1ccccc1S2.Cc1ccc2c(c1)N(CCCN1CCC3(CC1)CC(=O)NC3=O)c1ccccc1S2.Cc1ccc2c(c1)N(CCCN1CCN(CCC3C[C@H](CO)[C@@H](O)[C@H](O)[C@H]3O)CC1)c1ccccc1S2. The second kappa shape index (κ2) is 42.0. The van der Waals surface area contributed by atoms with E-state index in [1.807, 2.05) is 71.7 Å². The Morgan fingerprint density at radius 1 is 0.433 bits per heavy atom. The van der Waals surface area contributed by atoms with Crippen LogP contribution in [-0.4, -0.2) is 252 Å². The number of halogens is 3. The van der Waals surface area contributed by atoms with E-state index in [0.717, 1.165) is 169 Å². The van der Waals surface area contributed by atoms with Crippen molar-refractivity contribution in [2.24, 2.45) is 22.7 Å². The molecule has 22 nitrogen and oxygen atoms in total. The number of hydrogen-bond donors (Lipinski definition) is 9. The molecule has 0 radical (unpaired) electrons. The van der Waals surface area contributed by atoms with Crippen LogP contribution in [0.4, 0.5) is 58.7 Å². The molecule has 9 N–H and O–H groups in total. The average molecular weight is 1810 g/mol. The number of anilines is 8. The standard InChI is InChI=1S/C29H41N3O4S.C24H27N3O3S.C24H27N3O2S.C21H25F3N2O2S/c1-20-7-8-26-24(17-20)32(23-5-2-3-6-25(23)37-26)11-4-10-30-13-15-31(16-14-30)12-9-21-18-22(19-33)28(35)29(36)27(21)34;1-16-6-7-21-19(12-16)27(18-4-2-3-5-20(18)31-21)15-17(28)14-26-10-8-24(9-11-26)13-22(29)25-23(24)30;1-17-7-8-21-19(15-17)27(18-5-2-3-6-20(18)30-21)12-4-11-26-13-9-24(10-14-26)16-22(28)25-23(24)29;1-2-9-25(10-11-27)13-16(28)14-26-17-5-3-4-6-19(17)29-20-8-7-15(12-18(20)26)21(22,23)24/h2-3,5-8,17,21-22,27-29,33-36H,4,9-16,18-19H2,1H3;2-7,12,17,28H,8-11,13-15H2,1H3,(H,25,29,30);2-3,5-8,15H,4,9-14,16H2,1H3,(H,25,28,29);3-8,12,16,27-28H,2,9-11,13-14H2,1H3/t21?,22-,27+,28-,29-;;;/m1.../s1. The van der Waals surface area contributed by atoms with Gasteiger partial charge in [0, 0.05) is 123 Å². The van der Waals surface area contributed by atoms with Crippen LogP contribution in [0.5, 0.6) is 0 Å². The summed E-state index contributed by atoms with van der Waals surface area (Å²) < 4.78 is 39.8. The van der Waals surface area contributed by atoms with Crippen molar-refractivity contribution in [2.45, 2.75) is 174 Å². The molecular weight excluding hydrogens is 1690 g/mol. The number of para-hydroxylation sites is 4. The quantitative estimate of drug-likeness (QED) is 0.0255. The Balaban J connectivity index is 0.000000131. The first-order valence-electron chi connectivity index (χ1n) is 44.9. The third-order valence-electron chi connectivity index (χ3n) is 26.6. The molecule has 2 spiro atoms. The summed E-state index contributed by atoms with van der Waals surface area (Å²) in [5.74, 6) is -0.890. The van der Waals surface area contributed by atoms with Gasteiger partial charge in [-0.3, -0.25) is 34.7 Å². The van der Waals surface area contributed by atoms with Crippen molar-refractivity contribution in [3.8, 4) is 0 Å². The van der Waals surface area contributed by atoms with Gasteiger partial charge >= 0.3 is 6.18 Å². The molecule has 9 aliphatic heterocycles. The van der Waals surface area contributed by atoms with E-state index in [0.29, 0.717) is 64.0 Å². The number of amides is 4. The van der Waals surface area contributed by atoms with Crippen molar-refractivity contribution >= 4 is 116 Å². The van der Waals surface area contributed by atoms with Gasteiger partial charge in [0.2, 0.25) is 23.6 Å². The molecule has 0 aromatic heterocycles. The second-order valence-corrected chi connectivity index (χ2v) is 40.0. The molecule has 1 saturated carbocycles. The molecule has 9 heterocycles. The van der Waals surface area contributed by atoms with E-state index in [-0.39, 0.29) is 55.2 Å². The first-order chi connectivity index (χ1) is 61.2. The fourth-order valence-corrected chi connectivity index (χ4v) is 23.8. The lowest BCUT2D eigenvalue weighted by molar-refractivity contribution is -0.143. The molecule has 29 heteroatoms.